The summed E-state index contributed by atoms with van der Waals surface area (Å²) in [5.74, 6) is 0.680. The van der Waals surface area contributed by atoms with Gasteiger partial charge in [0.05, 0.1) is 0 Å². The quantitative estimate of drug-likeness (QED) is 0.697. The summed E-state index contributed by atoms with van der Waals surface area (Å²) in [6, 6.07) is 12.4. The summed E-state index contributed by atoms with van der Waals surface area (Å²) in [5.41, 5.74) is 6.30. The van der Waals surface area contributed by atoms with Crippen molar-refractivity contribution in [2.24, 2.45) is 0 Å². The molecule has 0 amide bonds. The number of hydrogen-bond donors (Lipinski definition) is 0. The zero-order valence-corrected chi connectivity index (χ0v) is 12.3. The Hall–Kier alpha value is -2.29. The Morgan fingerprint density at radius 2 is 1.70 bits per heavy atom. The molecular formula is C17H18N2O. The van der Waals surface area contributed by atoms with E-state index in [-0.39, 0.29) is 0 Å². The van der Waals surface area contributed by atoms with Crippen LogP contribution < -0.4 is 4.90 Å². The summed E-state index contributed by atoms with van der Waals surface area (Å²) in [4.78, 5) is 6.67. The molecule has 0 aliphatic rings. The largest absolute Gasteiger partial charge is 0.436 e. The van der Waals surface area contributed by atoms with E-state index < -0.39 is 0 Å². The first-order valence-electron chi connectivity index (χ1n) is 6.70. The minimum atomic E-state index is 0.680. The number of anilines is 1. The van der Waals surface area contributed by atoms with Crippen LogP contribution in [-0.2, 0) is 0 Å². The molecule has 20 heavy (non-hydrogen) atoms. The van der Waals surface area contributed by atoms with Crippen molar-refractivity contribution in [1.82, 2.24) is 4.98 Å². The SMILES string of the molecule is Cc1cc(C)c2oc(-c3ccc(N(C)C)cc3)nc2c1. The van der Waals surface area contributed by atoms with Gasteiger partial charge in [-0.15, -0.1) is 0 Å². The van der Waals surface area contributed by atoms with Crippen LogP contribution in [0.4, 0.5) is 5.69 Å². The van der Waals surface area contributed by atoms with Gasteiger partial charge >= 0.3 is 0 Å². The Morgan fingerprint density at radius 1 is 1.00 bits per heavy atom. The summed E-state index contributed by atoms with van der Waals surface area (Å²) in [7, 11) is 4.06. The molecule has 0 saturated carbocycles. The normalized spacial score (nSPS) is 11.0. The molecule has 3 nitrogen and oxygen atoms in total. The van der Waals surface area contributed by atoms with Gasteiger partial charge in [-0.1, -0.05) is 6.07 Å². The highest BCUT2D eigenvalue weighted by Crippen LogP contribution is 2.28. The van der Waals surface area contributed by atoms with Crippen molar-refractivity contribution in [1.29, 1.82) is 0 Å². The van der Waals surface area contributed by atoms with Gasteiger partial charge in [-0.3, -0.25) is 0 Å². The number of oxazole rings is 1. The molecule has 0 aliphatic heterocycles. The number of aryl methyl sites for hydroxylation is 2. The van der Waals surface area contributed by atoms with Crippen molar-refractivity contribution in [3.8, 4) is 11.5 Å². The van der Waals surface area contributed by atoms with Gasteiger partial charge in [-0.25, -0.2) is 4.98 Å². The lowest BCUT2D eigenvalue weighted by atomic mass is 10.1. The molecule has 0 saturated heterocycles. The van der Waals surface area contributed by atoms with Crippen LogP contribution in [0.3, 0.4) is 0 Å². The first kappa shape index (κ1) is 12.7. The maximum atomic E-state index is 5.92. The second-order valence-electron chi connectivity index (χ2n) is 5.39. The highest BCUT2D eigenvalue weighted by atomic mass is 16.3. The van der Waals surface area contributed by atoms with E-state index in [2.05, 4.69) is 48.0 Å². The van der Waals surface area contributed by atoms with Crippen LogP contribution in [0.1, 0.15) is 11.1 Å². The van der Waals surface area contributed by atoms with Crippen LogP contribution in [0.15, 0.2) is 40.8 Å². The van der Waals surface area contributed by atoms with E-state index in [1.165, 1.54) is 5.56 Å². The van der Waals surface area contributed by atoms with E-state index in [0.29, 0.717) is 5.89 Å². The van der Waals surface area contributed by atoms with Crippen molar-refractivity contribution < 1.29 is 4.42 Å². The number of fused-ring (bicyclic) bond motifs is 1. The minimum Gasteiger partial charge on any atom is -0.436 e. The number of benzene rings is 2. The van der Waals surface area contributed by atoms with Crippen molar-refractivity contribution in [2.75, 3.05) is 19.0 Å². The Bertz CT molecular complexity index is 755. The zero-order chi connectivity index (χ0) is 14.3. The molecule has 0 unspecified atom stereocenters. The average Bonchev–Trinajstić information content (AvgIpc) is 2.83. The first-order valence-corrected chi connectivity index (χ1v) is 6.70. The van der Waals surface area contributed by atoms with E-state index in [1.54, 1.807) is 0 Å². The van der Waals surface area contributed by atoms with E-state index in [1.807, 2.05) is 26.2 Å². The summed E-state index contributed by atoms with van der Waals surface area (Å²) in [5, 5.41) is 0. The molecule has 0 fully saturated rings. The molecule has 1 aromatic heterocycles. The molecule has 102 valence electrons. The summed E-state index contributed by atoms with van der Waals surface area (Å²) in [6.07, 6.45) is 0. The monoisotopic (exact) mass is 266 g/mol. The Balaban J connectivity index is 2.08. The summed E-state index contributed by atoms with van der Waals surface area (Å²) < 4.78 is 5.92. The molecule has 0 N–H and O–H groups in total. The molecule has 2 aromatic carbocycles. The summed E-state index contributed by atoms with van der Waals surface area (Å²) >= 11 is 0. The lowest BCUT2D eigenvalue weighted by Gasteiger charge is -2.11. The van der Waals surface area contributed by atoms with Crippen LogP contribution in [0.2, 0.25) is 0 Å². The smallest absolute Gasteiger partial charge is 0.227 e. The molecule has 0 radical (unpaired) electrons. The van der Waals surface area contributed by atoms with Gasteiger partial charge in [-0.05, 0) is 55.3 Å². The third-order valence-corrected chi connectivity index (χ3v) is 3.45. The first-order chi connectivity index (χ1) is 9.54. The zero-order valence-electron chi connectivity index (χ0n) is 12.3. The molecule has 3 heteroatoms. The molecule has 3 rings (SSSR count). The topological polar surface area (TPSA) is 29.3 Å². The number of rotatable bonds is 2. The van der Waals surface area contributed by atoms with Crippen molar-refractivity contribution in [2.45, 2.75) is 13.8 Å². The van der Waals surface area contributed by atoms with Gasteiger partial charge in [0.25, 0.3) is 0 Å². The van der Waals surface area contributed by atoms with Crippen molar-refractivity contribution in [3.63, 3.8) is 0 Å². The maximum absolute atomic E-state index is 5.92. The third kappa shape index (κ3) is 2.16. The standard InChI is InChI=1S/C17H18N2O/c1-11-9-12(2)16-15(10-11)18-17(20-16)13-5-7-14(8-6-13)19(3)4/h5-10H,1-4H3. The molecule has 0 bridgehead atoms. The van der Waals surface area contributed by atoms with Crippen LogP contribution in [0, 0.1) is 13.8 Å². The fourth-order valence-electron chi connectivity index (χ4n) is 2.40. The van der Waals surface area contributed by atoms with Crippen LogP contribution in [0.25, 0.3) is 22.6 Å². The van der Waals surface area contributed by atoms with Gasteiger partial charge in [-0.2, -0.15) is 0 Å². The lowest BCUT2D eigenvalue weighted by Crippen LogP contribution is -2.07. The van der Waals surface area contributed by atoms with Gasteiger partial charge in [0, 0.05) is 25.3 Å². The Labute approximate surface area is 118 Å². The highest BCUT2D eigenvalue weighted by Gasteiger charge is 2.10. The highest BCUT2D eigenvalue weighted by molar-refractivity contribution is 5.80. The predicted octanol–water partition coefficient (Wildman–Crippen LogP) is 4.18. The number of aromatic nitrogens is 1. The Kier molecular flexibility index (Phi) is 2.97. The van der Waals surface area contributed by atoms with Gasteiger partial charge in [0.2, 0.25) is 5.89 Å². The Morgan fingerprint density at radius 3 is 2.35 bits per heavy atom. The van der Waals surface area contributed by atoms with E-state index in [0.717, 1.165) is 27.9 Å². The van der Waals surface area contributed by atoms with Gasteiger partial charge in [0.1, 0.15) is 5.52 Å². The van der Waals surface area contributed by atoms with Crippen LogP contribution in [-0.4, -0.2) is 19.1 Å². The molecular weight excluding hydrogens is 248 g/mol. The molecule has 3 aromatic rings. The summed E-state index contributed by atoms with van der Waals surface area (Å²) in [6.45, 7) is 4.13. The minimum absolute atomic E-state index is 0.680. The second-order valence-corrected chi connectivity index (χ2v) is 5.39. The van der Waals surface area contributed by atoms with Crippen molar-refractivity contribution >= 4 is 16.8 Å². The van der Waals surface area contributed by atoms with Crippen LogP contribution in [0.5, 0.6) is 0 Å². The maximum Gasteiger partial charge on any atom is 0.227 e. The van der Waals surface area contributed by atoms with E-state index in [9.17, 15) is 0 Å². The number of hydrogen-bond acceptors (Lipinski definition) is 3. The van der Waals surface area contributed by atoms with Crippen LogP contribution >= 0.6 is 0 Å². The van der Waals surface area contributed by atoms with E-state index >= 15 is 0 Å². The van der Waals surface area contributed by atoms with E-state index in [4.69, 9.17) is 4.42 Å². The third-order valence-electron chi connectivity index (χ3n) is 3.45. The fourth-order valence-corrected chi connectivity index (χ4v) is 2.40. The average molecular weight is 266 g/mol. The predicted molar refractivity (Wildman–Crippen MR) is 83.2 cm³/mol. The van der Waals surface area contributed by atoms with Crippen molar-refractivity contribution in [3.05, 3.63) is 47.5 Å². The lowest BCUT2D eigenvalue weighted by molar-refractivity contribution is 0.617. The fraction of sp³-hybridized carbons (Fsp3) is 0.235. The molecule has 0 atom stereocenters. The van der Waals surface area contributed by atoms with Gasteiger partial charge < -0.3 is 9.32 Å². The molecule has 1 heterocycles. The second kappa shape index (κ2) is 4.67. The molecule has 0 aliphatic carbocycles. The molecule has 0 spiro atoms. The number of nitrogens with zero attached hydrogens (tertiary/aromatic N) is 2. The van der Waals surface area contributed by atoms with Gasteiger partial charge in [0.15, 0.2) is 5.58 Å².